The molecule has 0 unspecified atom stereocenters. The molecular formula is C42H59N3O10. The number of aliphatic hydroxyl groups is 1. The number of alkyl carbamates (subject to hydrolysis) is 1. The highest BCUT2D eigenvalue weighted by molar-refractivity contribution is 6.00. The SMILES string of the molecule is CC[C@@H]1OC(=O)[C@H](C)C(=O)[C@H](C)[C@@H](O[C@@H]2O[C@H](C)C[C@H](N(C)C)[C@H]2O)[C@@](C)(OC/C=C/c2ccnc3ccccc23)C[C@@H](C)C(=O)[C@@H](C)[C@H]2NC(=O)O[C@]12C. The van der Waals surface area contributed by atoms with Gasteiger partial charge in [-0.3, -0.25) is 19.4 Å². The van der Waals surface area contributed by atoms with Crippen molar-refractivity contribution in [2.45, 2.75) is 129 Å². The number of Topliss-reactive ketones (excluding diaryl/α,β-unsaturated/α-hetero) is 2. The number of nitrogens with one attached hydrogen (secondary N) is 1. The van der Waals surface area contributed by atoms with E-state index in [0.717, 1.165) is 16.5 Å². The summed E-state index contributed by atoms with van der Waals surface area (Å²) in [5.41, 5.74) is -0.955. The largest absolute Gasteiger partial charge is 0.458 e. The van der Waals surface area contributed by atoms with Gasteiger partial charge < -0.3 is 39.0 Å². The maximum atomic E-state index is 14.4. The van der Waals surface area contributed by atoms with Gasteiger partial charge in [0.2, 0.25) is 0 Å². The summed E-state index contributed by atoms with van der Waals surface area (Å²) in [4.78, 5) is 61.8. The first-order chi connectivity index (χ1) is 25.9. The lowest BCUT2D eigenvalue weighted by molar-refractivity contribution is -0.296. The van der Waals surface area contributed by atoms with Crippen LogP contribution in [0.3, 0.4) is 0 Å². The molecule has 302 valence electrons. The van der Waals surface area contributed by atoms with Gasteiger partial charge in [-0.1, -0.05) is 58.0 Å². The summed E-state index contributed by atoms with van der Waals surface area (Å²) < 4.78 is 31.4. The lowest BCUT2D eigenvalue weighted by Crippen LogP contribution is -2.60. The van der Waals surface area contributed by atoms with Crippen molar-refractivity contribution in [3.8, 4) is 0 Å². The number of likely N-dealkylation sites (N-methyl/N-ethyl adjacent to an activating group) is 1. The number of esters is 1. The molecule has 13 nitrogen and oxygen atoms in total. The first-order valence-corrected chi connectivity index (χ1v) is 19.5. The Hall–Kier alpha value is -3.75. The molecule has 0 saturated carbocycles. The molecule has 2 N–H and O–H groups in total. The fraction of sp³-hybridized carbons (Fsp3) is 0.643. The molecule has 3 fully saturated rings. The van der Waals surface area contributed by atoms with E-state index >= 15 is 0 Å². The zero-order chi connectivity index (χ0) is 40.4. The highest BCUT2D eigenvalue weighted by Gasteiger charge is 2.57. The second-order valence-electron chi connectivity index (χ2n) is 16.3. The molecule has 3 aliphatic rings. The Morgan fingerprint density at radius 3 is 2.42 bits per heavy atom. The number of ketones is 2. The van der Waals surface area contributed by atoms with Crippen molar-refractivity contribution >= 4 is 40.6 Å². The second kappa shape index (κ2) is 17.2. The summed E-state index contributed by atoms with van der Waals surface area (Å²) in [5, 5.41) is 15.3. The van der Waals surface area contributed by atoms with Gasteiger partial charge in [0.1, 0.15) is 23.9 Å². The normalized spacial score (nSPS) is 38.1. The summed E-state index contributed by atoms with van der Waals surface area (Å²) in [6, 6.07) is 8.58. The van der Waals surface area contributed by atoms with Crippen LogP contribution in [-0.2, 0) is 38.1 Å². The molecule has 3 saturated heterocycles. The lowest BCUT2D eigenvalue weighted by Gasteiger charge is -2.47. The smallest absolute Gasteiger partial charge is 0.408 e. The van der Waals surface area contributed by atoms with Gasteiger partial charge in [-0.25, -0.2) is 4.79 Å². The van der Waals surface area contributed by atoms with Crippen LogP contribution in [-0.4, -0.2) is 113 Å². The zero-order valence-electron chi connectivity index (χ0n) is 33.8. The van der Waals surface area contributed by atoms with Crippen LogP contribution < -0.4 is 5.32 Å². The quantitative estimate of drug-likeness (QED) is 0.270. The Morgan fingerprint density at radius 2 is 1.73 bits per heavy atom. The number of hydrogen-bond acceptors (Lipinski definition) is 12. The number of carbonyl (C=O) groups excluding carboxylic acids is 4. The van der Waals surface area contributed by atoms with Crippen LogP contribution in [0.15, 0.2) is 42.6 Å². The van der Waals surface area contributed by atoms with Crippen LogP contribution in [0, 0.1) is 23.7 Å². The van der Waals surface area contributed by atoms with Crippen LogP contribution in [0.25, 0.3) is 17.0 Å². The Labute approximate surface area is 324 Å². The van der Waals surface area contributed by atoms with E-state index in [-0.39, 0.29) is 37.4 Å². The van der Waals surface area contributed by atoms with E-state index in [9.17, 15) is 24.3 Å². The maximum absolute atomic E-state index is 14.4. The van der Waals surface area contributed by atoms with Gasteiger partial charge in [-0.05, 0) is 78.7 Å². The van der Waals surface area contributed by atoms with Gasteiger partial charge in [0.25, 0.3) is 0 Å². The first kappa shape index (κ1) is 42.4. The van der Waals surface area contributed by atoms with Gasteiger partial charge in [0.05, 0.1) is 36.0 Å². The molecule has 2 aromatic rings. The summed E-state index contributed by atoms with van der Waals surface area (Å²) in [6.45, 7) is 13.9. The Kier molecular flexibility index (Phi) is 13.2. The van der Waals surface area contributed by atoms with Crippen LogP contribution in [0.1, 0.15) is 80.2 Å². The number of carbonyl (C=O) groups is 4. The van der Waals surface area contributed by atoms with E-state index in [0.29, 0.717) is 6.42 Å². The number of hydrogen-bond donors (Lipinski definition) is 2. The molecule has 0 radical (unpaired) electrons. The topological polar surface area (TPSA) is 163 Å². The Bertz CT molecular complexity index is 1750. The fourth-order valence-corrected chi connectivity index (χ4v) is 8.80. The van der Waals surface area contributed by atoms with E-state index in [1.165, 1.54) is 6.92 Å². The highest BCUT2D eigenvalue weighted by atomic mass is 16.7. The van der Waals surface area contributed by atoms with E-state index in [1.54, 1.807) is 47.7 Å². The molecule has 0 aliphatic carbocycles. The van der Waals surface area contributed by atoms with Gasteiger partial charge >= 0.3 is 12.1 Å². The first-order valence-electron chi connectivity index (χ1n) is 19.5. The molecule has 5 rings (SSSR count). The molecule has 55 heavy (non-hydrogen) atoms. The Morgan fingerprint density at radius 1 is 1.02 bits per heavy atom. The molecule has 4 heterocycles. The van der Waals surface area contributed by atoms with E-state index < -0.39 is 83.4 Å². The third-order valence-electron chi connectivity index (χ3n) is 11.9. The summed E-state index contributed by atoms with van der Waals surface area (Å²) >= 11 is 0. The number of rotatable bonds is 8. The van der Waals surface area contributed by atoms with Crippen LogP contribution in [0.5, 0.6) is 0 Å². The Balaban J connectivity index is 1.57. The third kappa shape index (κ3) is 8.81. The van der Waals surface area contributed by atoms with Crippen LogP contribution >= 0.6 is 0 Å². The van der Waals surface area contributed by atoms with Crippen molar-refractivity contribution in [2.75, 3.05) is 20.7 Å². The fourth-order valence-electron chi connectivity index (χ4n) is 8.80. The molecule has 0 spiro atoms. The number of benzene rings is 1. The average molecular weight is 766 g/mol. The number of para-hydroxylation sites is 1. The number of cyclic esters (lactones) is 1. The predicted octanol–water partition coefficient (Wildman–Crippen LogP) is 5.11. The van der Waals surface area contributed by atoms with Gasteiger partial charge in [0, 0.05) is 35.4 Å². The number of amides is 1. The van der Waals surface area contributed by atoms with Gasteiger partial charge in [-0.15, -0.1) is 0 Å². The van der Waals surface area contributed by atoms with Crippen LogP contribution in [0.2, 0.25) is 0 Å². The lowest BCUT2D eigenvalue weighted by atomic mass is 9.73. The van der Waals surface area contributed by atoms with Crippen LogP contribution in [0.4, 0.5) is 4.79 Å². The number of ether oxygens (including phenoxy) is 5. The van der Waals surface area contributed by atoms with E-state index in [4.69, 9.17) is 23.7 Å². The van der Waals surface area contributed by atoms with E-state index in [2.05, 4.69) is 10.3 Å². The number of aliphatic hydroxyl groups excluding tert-OH is 1. The summed E-state index contributed by atoms with van der Waals surface area (Å²) in [6.07, 6.45) is 1.16. The molecule has 13 heteroatoms. The summed E-state index contributed by atoms with van der Waals surface area (Å²) in [5.74, 6) is -5.12. The monoisotopic (exact) mass is 765 g/mol. The van der Waals surface area contributed by atoms with Gasteiger partial charge in [0.15, 0.2) is 17.7 Å². The van der Waals surface area contributed by atoms with Crippen molar-refractivity contribution in [1.29, 1.82) is 0 Å². The number of nitrogens with zero attached hydrogens (tertiary/aromatic N) is 2. The van der Waals surface area contributed by atoms with Crippen molar-refractivity contribution in [3.63, 3.8) is 0 Å². The number of pyridine rings is 1. The highest BCUT2D eigenvalue weighted by Crippen LogP contribution is 2.40. The molecular weight excluding hydrogens is 706 g/mol. The number of aromatic nitrogens is 1. The minimum absolute atomic E-state index is 0.0650. The van der Waals surface area contributed by atoms with E-state index in [1.807, 2.05) is 68.4 Å². The van der Waals surface area contributed by atoms with Crippen molar-refractivity contribution in [1.82, 2.24) is 15.2 Å². The third-order valence-corrected chi connectivity index (χ3v) is 11.9. The maximum Gasteiger partial charge on any atom is 0.408 e. The molecule has 1 amide bonds. The molecule has 1 aromatic carbocycles. The molecule has 0 bridgehead atoms. The molecule has 1 aromatic heterocycles. The molecule has 3 aliphatic heterocycles. The molecule has 13 atom stereocenters. The van der Waals surface area contributed by atoms with Crippen molar-refractivity contribution in [2.24, 2.45) is 23.7 Å². The minimum atomic E-state index is -1.38. The minimum Gasteiger partial charge on any atom is -0.458 e. The second-order valence-corrected chi connectivity index (χ2v) is 16.3. The standard InChI is InChI=1S/C42H59N3O10/c1-11-32-42(8)36(44-40(50)55-42)25(4)33(46)23(2)22-41(7,51-20-14-15-28-18-19-43-30-17-13-12-16-29(28)30)37(26(5)34(47)27(6)38(49)53-32)54-39-35(48)31(45(9)10)21-24(3)52-39/h12-19,23-27,31-32,35-37,39,48H,11,20-22H2,1-10H3,(H,44,50)/b15-14+/t23-,24-,25-,26+,27-,31+,32+,35-,36-,37-,39+,41+,42-/m1/s1. The number of fused-ring (bicyclic) bond motifs is 2. The summed E-state index contributed by atoms with van der Waals surface area (Å²) in [7, 11) is 3.74. The average Bonchev–Trinajstić information content (AvgIpc) is 3.47. The van der Waals surface area contributed by atoms with Gasteiger partial charge in [-0.2, -0.15) is 0 Å². The van der Waals surface area contributed by atoms with Crippen molar-refractivity contribution < 1.29 is 48.0 Å². The zero-order valence-corrected chi connectivity index (χ0v) is 33.8. The van der Waals surface area contributed by atoms with Crippen molar-refractivity contribution in [3.05, 3.63) is 48.2 Å². The predicted molar refractivity (Wildman–Crippen MR) is 206 cm³/mol.